The molecule has 1 heterocycles. The molecule has 0 aliphatic heterocycles. The standard InChI is InChI=1S/C15H20ClN5O/c1-3-5-6-10(4-2)15(22)17-13-9-11(16)7-8-12(13)14-18-20-21-19-14/h7-10H,3-6H2,1-2H3,(H,17,22)(H,18,19,20,21). The molecule has 0 fully saturated rings. The molecule has 0 saturated carbocycles. The van der Waals surface area contributed by atoms with Crippen LogP contribution in [0, 0.1) is 5.92 Å². The second-order valence-electron chi connectivity index (χ2n) is 5.16. The molecule has 0 aliphatic carbocycles. The summed E-state index contributed by atoms with van der Waals surface area (Å²) in [7, 11) is 0. The first-order valence-electron chi connectivity index (χ1n) is 7.49. The Kier molecular flexibility index (Phi) is 5.89. The predicted octanol–water partition coefficient (Wildman–Crippen LogP) is 3.68. The van der Waals surface area contributed by atoms with Crippen LogP contribution in [0.1, 0.15) is 39.5 Å². The van der Waals surface area contributed by atoms with Crippen LogP contribution in [-0.2, 0) is 4.79 Å². The van der Waals surface area contributed by atoms with Crippen LogP contribution in [0.5, 0.6) is 0 Å². The van der Waals surface area contributed by atoms with E-state index in [0.29, 0.717) is 22.1 Å². The molecule has 1 aromatic carbocycles. The highest BCUT2D eigenvalue weighted by Crippen LogP contribution is 2.29. The fourth-order valence-electron chi connectivity index (χ4n) is 2.30. The van der Waals surface area contributed by atoms with Gasteiger partial charge in [-0.05, 0) is 36.3 Å². The minimum Gasteiger partial charge on any atom is -0.325 e. The van der Waals surface area contributed by atoms with Crippen LogP contribution in [0.4, 0.5) is 5.69 Å². The number of aromatic nitrogens is 4. The van der Waals surface area contributed by atoms with E-state index in [1.165, 1.54) is 0 Å². The minimum absolute atomic E-state index is 0.00273. The third-order valence-corrected chi connectivity index (χ3v) is 3.83. The molecule has 1 unspecified atom stereocenters. The molecule has 1 aromatic heterocycles. The number of aromatic amines is 1. The zero-order chi connectivity index (χ0) is 15.9. The third-order valence-electron chi connectivity index (χ3n) is 3.60. The van der Waals surface area contributed by atoms with Crippen molar-refractivity contribution < 1.29 is 4.79 Å². The molecule has 2 aromatic rings. The normalized spacial score (nSPS) is 12.1. The summed E-state index contributed by atoms with van der Waals surface area (Å²) < 4.78 is 0. The van der Waals surface area contributed by atoms with E-state index in [0.717, 1.165) is 25.7 Å². The number of hydrogen-bond donors (Lipinski definition) is 2. The number of tetrazole rings is 1. The highest BCUT2D eigenvalue weighted by atomic mass is 35.5. The molecule has 2 N–H and O–H groups in total. The summed E-state index contributed by atoms with van der Waals surface area (Å²) in [5, 5.41) is 17.4. The van der Waals surface area contributed by atoms with E-state index in [-0.39, 0.29) is 11.8 Å². The van der Waals surface area contributed by atoms with Crippen molar-refractivity contribution in [2.45, 2.75) is 39.5 Å². The van der Waals surface area contributed by atoms with Gasteiger partial charge in [-0.15, -0.1) is 10.2 Å². The SMILES string of the molecule is CCCCC(CC)C(=O)Nc1cc(Cl)ccc1-c1nn[nH]n1. The minimum atomic E-state index is -0.00273. The van der Waals surface area contributed by atoms with Crippen molar-refractivity contribution in [2.75, 3.05) is 5.32 Å². The number of anilines is 1. The maximum atomic E-state index is 12.5. The maximum Gasteiger partial charge on any atom is 0.227 e. The Morgan fingerprint density at radius 3 is 2.86 bits per heavy atom. The molecule has 22 heavy (non-hydrogen) atoms. The van der Waals surface area contributed by atoms with Crippen LogP contribution in [0.25, 0.3) is 11.4 Å². The fraction of sp³-hybridized carbons (Fsp3) is 0.467. The van der Waals surface area contributed by atoms with Gasteiger partial charge in [0.05, 0.1) is 5.69 Å². The molecule has 1 atom stereocenters. The molecule has 7 heteroatoms. The van der Waals surface area contributed by atoms with E-state index in [1.807, 2.05) is 6.92 Å². The lowest BCUT2D eigenvalue weighted by atomic mass is 9.98. The van der Waals surface area contributed by atoms with Gasteiger partial charge in [-0.1, -0.05) is 38.3 Å². The highest BCUT2D eigenvalue weighted by molar-refractivity contribution is 6.31. The molecule has 118 valence electrons. The predicted molar refractivity (Wildman–Crippen MR) is 86.6 cm³/mol. The first kappa shape index (κ1) is 16.4. The molecule has 0 aliphatic rings. The van der Waals surface area contributed by atoms with Crippen LogP contribution in [0.2, 0.25) is 5.02 Å². The Morgan fingerprint density at radius 2 is 2.23 bits per heavy atom. The van der Waals surface area contributed by atoms with E-state index in [9.17, 15) is 4.79 Å². The van der Waals surface area contributed by atoms with Crippen molar-refractivity contribution >= 4 is 23.2 Å². The van der Waals surface area contributed by atoms with Gasteiger partial charge in [0.2, 0.25) is 11.7 Å². The maximum absolute atomic E-state index is 12.5. The van der Waals surface area contributed by atoms with Crippen LogP contribution < -0.4 is 5.32 Å². The van der Waals surface area contributed by atoms with Crippen LogP contribution >= 0.6 is 11.6 Å². The lowest BCUT2D eigenvalue weighted by Gasteiger charge is -2.16. The summed E-state index contributed by atoms with van der Waals surface area (Å²) in [5.74, 6) is 0.425. The zero-order valence-electron chi connectivity index (χ0n) is 12.8. The Hall–Kier alpha value is -1.95. The van der Waals surface area contributed by atoms with Crippen molar-refractivity contribution in [3.8, 4) is 11.4 Å². The molecule has 0 saturated heterocycles. The number of halogens is 1. The topological polar surface area (TPSA) is 83.6 Å². The summed E-state index contributed by atoms with van der Waals surface area (Å²) in [4.78, 5) is 12.5. The lowest BCUT2D eigenvalue weighted by molar-refractivity contribution is -0.120. The van der Waals surface area contributed by atoms with Crippen molar-refractivity contribution in [1.29, 1.82) is 0 Å². The van der Waals surface area contributed by atoms with E-state index >= 15 is 0 Å². The van der Waals surface area contributed by atoms with Crippen molar-refractivity contribution in [1.82, 2.24) is 20.6 Å². The van der Waals surface area contributed by atoms with Crippen LogP contribution in [0.3, 0.4) is 0 Å². The number of hydrogen-bond acceptors (Lipinski definition) is 4. The number of carbonyl (C=O) groups is 1. The van der Waals surface area contributed by atoms with Gasteiger partial charge in [-0.25, -0.2) is 0 Å². The molecule has 1 amide bonds. The van der Waals surface area contributed by atoms with Gasteiger partial charge in [-0.2, -0.15) is 5.21 Å². The zero-order valence-corrected chi connectivity index (χ0v) is 13.5. The van der Waals surface area contributed by atoms with Gasteiger partial charge in [0.1, 0.15) is 0 Å². The van der Waals surface area contributed by atoms with E-state index in [4.69, 9.17) is 11.6 Å². The molecule has 0 radical (unpaired) electrons. The average molecular weight is 322 g/mol. The molecule has 6 nitrogen and oxygen atoms in total. The quantitative estimate of drug-likeness (QED) is 0.814. The van der Waals surface area contributed by atoms with Crippen LogP contribution in [-0.4, -0.2) is 26.5 Å². The molecular weight excluding hydrogens is 302 g/mol. The lowest BCUT2D eigenvalue weighted by Crippen LogP contribution is -2.22. The number of nitrogens with one attached hydrogen (secondary N) is 2. The number of nitrogens with zero attached hydrogens (tertiary/aromatic N) is 3. The van der Waals surface area contributed by atoms with Crippen LogP contribution in [0.15, 0.2) is 18.2 Å². The monoisotopic (exact) mass is 321 g/mol. The smallest absolute Gasteiger partial charge is 0.227 e. The Balaban J connectivity index is 2.21. The van der Waals surface area contributed by atoms with Gasteiger partial charge >= 0.3 is 0 Å². The van der Waals surface area contributed by atoms with E-state index < -0.39 is 0 Å². The number of carbonyl (C=O) groups excluding carboxylic acids is 1. The number of H-pyrrole nitrogens is 1. The number of rotatable bonds is 7. The van der Waals surface area contributed by atoms with E-state index in [2.05, 4.69) is 32.9 Å². The first-order valence-corrected chi connectivity index (χ1v) is 7.87. The van der Waals surface area contributed by atoms with Gasteiger partial charge in [-0.3, -0.25) is 4.79 Å². The van der Waals surface area contributed by atoms with Gasteiger partial charge in [0, 0.05) is 16.5 Å². The van der Waals surface area contributed by atoms with Crippen molar-refractivity contribution in [3.05, 3.63) is 23.2 Å². The Labute approximate surface area is 134 Å². The second kappa shape index (κ2) is 7.89. The van der Waals surface area contributed by atoms with E-state index in [1.54, 1.807) is 18.2 Å². The second-order valence-corrected chi connectivity index (χ2v) is 5.60. The highest BCUT2D eigenvalue weighted by Gasteiger charge is 2.18. The fourth-order valence-corrected chi connectivity index (χ4v) is 2.47. The Morgan fingerprint density at radius 1 is 1.41 bits per heavy atom. The summed E-state index contributed by atoms with van der Waals surface area (Å²) in [5.41, 5.74) is 1.30. The molecule has 2 rings (SSSR count). The summed E-state index contributed by atoms with van der Waals surface area (Å²) in [6, 6.07) is 5.21. The summed E-state index contributed by atoms with van der Waals surface area (Å²) >= 11 is 6.04. The average Bonchev–Trinajstić information content (AvgIpc) is 3.02. The van der Waals surface area contributed by atoms with Gasteiger partial charge < -0.3 is 5.32 Å². The molecule has 0 bridgehead atoms. The molecular formula is C15H20ClN5O. The molecule has 0 spiro atoms. The first-order chi connectivity index (χ1) is 10.7. The van der Waals surface area contributed by atoms with Crippen molar-refractivity contribution in [2.24, 2.45) is 5.92 Å². The van der Waals surface area contributed by atoms with Gasteiger partial charge in [0.25, 0.3) is 0 Å². The summed E-state index contributed by atoms with van der Waals surface area (Å²) in [6.07, 6.45) is 3.81. The Bertz CT molecular complexity index is 614. The number of amides is 1. The third kappa shape index (κ3) is 4.04. The largest absolute Gasteiger partial charge is 0.325 e. The number of benzene rings is 1. The van der Waals surface area contributed by atoms with Crippen molar-refractivity contribution in [3.63, 3.8) is 0 Å². The number of unbranched alkanes of at least 4 members (excludes halogenated alkanes) is 1. The summed E-state index contributed by atoms with van der Waals surface area (Å²) in [6.45, 7) is 4.15. The van der Waals surface area contributed by atoms with Gasteiger partial charge in [0.15, 0.2) is 0 Å².